The Morgan fingerprint density at radius 3 is 2.60 bits per heavy atom. The van der Waals surface area contributed by atoms with Crippen molar-refractivity contribution in [2.45, 2.75) is 63.6 Å². The van der Waals surface area contributed by atoms with Crippen molar-refractivity contribution in [1.82, 2.24) is 4.90 Å². The zero-order valence-corrected chi connectivity index (χ0v) is 9.53. The maximum atomic E-state index is 12.0. The van der Waals surface area contributed by atoms with Crippen LogP contribution < -0.4 is 0 Å². The van der Waals surface area contributed by atoms with Gasteiger partial charge in [0, 0.05) is 12.1 Å². The first-order chi connectivity index (χ1) is 7.09. The fourth-order valence-electron chi connectivity index (χ4n) is 3.11. The standard InChI is InChI=1S/C12H19NO2/c1-8-7-9-3-4-10(8)13(9)11(14)15-12(2)5-6-12/h8-10H,3-7H2,1-2H3/t8-,9+,10+/m1/s1. The van der Waals surface area contributed by atoms with Crippen molar-refractivity contribution in [3.63, 3.8) is 0 Å². The van der Waals surface area contributed by atoms with Gasteiger partial charge in [0.25, 0.3) is 0 Å². The quantitative estimate of drug-likeness (QED) is 0.664. The first kappa shape index (κ1) is 9.49. The summed E-state index contributed by atoms with van der Waals surface area (Å²) < 4.78 is 5.55. The molecule has 1 saturated carbocycles. The topological polar surface area (TPSA) is 29.5 Å². The van der Waals surface area contributed by atoms with E-state index in [1.807, 2.05) is 11.8 Å². The van der Waals surface area contributed by atoms with Gasteiger partial charge in [0.15, 0.2) is 0 Å². The Bertz CT molecular complexity index is 298. The molecular formula is C12H19NO2. The highest BCUT2D eigenvalue weighted by atomic mass is 16.6. The van der Waals surface area contributed by atoms with E-state index in [0.29, 0.717) is 18.0 Å². The van der Waals surface area contributed by atoms with Gasteiger partial charge in [-0.15, -0.1) is 0 Å². The summed E-state index contributed by atoms with van der Waals surface area (Å²) in [5.41, 5.74) is -0.123. The average molecular weight is 209 g/mol. The highest BCUT2D eigenvalue weighted by Crippen LogP contribution is 2.44. The number of fused-ring (bicyclic) bond motifs is 2. The minimum absolute atomic E-state index is 0.0492. The number of hydrogen-bond acceptors (Lipinski definition) is 2. The van der Waals surface area contributed by atoms with Gasteiger partial charge >= 0.3 is 6.09 Å². The van der Waals surface area contributed by atoms with Gasteiger partial charge in [-0.1, -0.05) is 6.92 Å². The lowest BCUT2D eigenvalue weighted by atomic mass is 9.91. The molecule has 3 aliphatic rings. The van der Waals surface area contributed by atoms with E-state index in [-0.39, 0.29) is 11.7 Å². The number of ether oxygens (including phenoxy) is 1. The third-order valence-corrected chi connectivity index (χ3v) is 4.35. The first-order valence-electron chi connectivity index (χ1n) is 6.10. The minimum atomic E-state index is -0.123. The smallest absolute Gasteiger partial charge is 0.410 e. The van der Waals surface area contributed by atoms with E-state index < -0.39 is 0 Å². The van der Waals surface area contributed by atoms with Crippen molar-refractivity contribution in [2.75, 3.05) is 0 Å². The molecule has 2 bridgehead atoms. The molecule has 0 aromatic rings. The van der Waals surface area contributed by atoms with Crippen molar-refractivity contribution in [3.05, 3.63) is 0 Å². The predicted octanol–water partition coefficient (Wildman–Crippen LogP) is 2.55. The maximum absolute atomic E-state index is 12.0. The molecule has 2 heterocycles. The highest BCUT2D eigenvalue weighted by Gasteiger charge is 2.50. The second-order valence-electron chi connectivity index (χ2n) is 5.74. The molecule has 0 unspecified atom stereocenters. The van der Waals surface area contributed by atoms with Gasteiger partial charge in [-0.3, -0.25) is 0 Å². The van der Waals surface area contributed by atoms with E-state index in [9.17, 15) is 4.79 Å². The zero-order chi connectivity index (χ0) is 10.6. The molecule has 0 spiro atoms. The lowest BCUT2D eigenvalue weighted by Crippen LogP contribution is -2.38. The molecule has 3 fully saturated rings. The number of rotatable bonds is 1. The van der Waals surface area contributed by atoms with Gasteiger partial charge < -0.3 is 9.64 Å². The van der Waals surface area contributed by atoms with Crippen molar-refractivity contribution >= 4 is 6.09 Å². The third kappa shape index (κ3) is 1.44. The minimum Gasteiger partial charge on any atom is -0.443 e. The molecule has 3 nitrogen and oxygen atoms in total. The summed E-state index contributed by atoms with van der Waals surface area (Å²) in [4.78, 5) is 14.0. The molecular weight excluding hydrogens is 190 g/mol. The molecule has 3 atom stereocenters. The van der Waals surface area contributed by atoms with Crippen LogP contribution in [0.1, 0.15) is 46.0 Å². The molecule has 2 saturated heterocycles. The van der Waals surface area contributed by atoms with E-state index in [0.717, 1.165) is 12.8 Å². The lowest BCUT2D eigenvalue weighted by molar-refractivity contribution is 0.0529. The molecule has 3 rings (SSSR count). The molecule has 2 aliphatic heterocycles. The Kier molecular flexibility index (Phi) is 1.83. The van der Waals surface area contributed by atoms with Gasteiger partial charge in [0.05, 0.1) is 0 Å². The third-order valence-electron chi connectivity index (χ3n) is 4.35. The van der Waals surface area contributed by atoms with Gasteiger partial charge in [-0.2, -0.15) is 0 Å². The monoisotopic (exact) mass is 209 g/mol. The Hall–Kier alpha value is -0.730. The van der Waals surface area contributed by atoms with E-state index >= 15 is 0 Å². The van der Waals surface area contributed by atoms with Crippen LogP contribution in [0.25, 0.3) is 0 Å². The number of nitrogens with zero attached hydrogens (tertiary/aromatic N) is 1. The summed E-state index contributed by atoms with van der Waals surface area (Å²) in [5.74, 6) is 0.670. The van der Waals surface area contributed by atoms with Crippen molar-refractivity contribution in [1.29, 1.82) is 0 Å². The van der Waals surface area contributed by atoms with Gasteiger partial charge in [-0.05, 0) is 44.9 Å². The highest BCUT2D eigenvalue weighted by molar-refractivity contribution is 5.70. The maximum Gasteiger partial charge on any atom is 0.410 e. The van der Waals surface area contributed by atoms with E-state index in [1.165, 1.54) is 19.3 Å². The molecule has 3 heteroatoms. The van der Waals surface area contributed by atoms with Crippen LogP contribution in [-0.4, -0.2) is 28.7 Å². The largest absolute Gasteiger partial charge is 0.443 e. The molecule has 15 heavy (non-hydrogen) atoms. The van der Waals surface area contributed by atoms with Crippen molar-refractivity contribution in [2.24, 2.45) is 5.92 Å². The summed E-state index contributed by atoms with van der Waals surface area (Å²) in [6, 6.07) is 0.935. The molecule has 0 N–H and O–H groups in total. The molecule has 1 aliphatic carbocycles. The summed E-state index contributed by atoms with van der Waals surface area (Å²) in [6.45, 7) is 4.29. The predicted molar refractivity (Wildman–Crippen MR) is 56.6 cm³/mol. The molecule has 84 valence electrons. The first-order valence-corrected chi connectivity index (χ1v) is 6.10. The second-order valence-corrected chi connectivity index (χ2v) is 5.74. The fraction of sp³-hybridized carbons (Fsp3) is 0.917. The number of amides is 1. The Labute approximate surface area is 90.8 Å². The van der Waals surface area contributed by atoms with Crippen molar-refractivity contribution in [3.8, 4) is 0 Å². The van der Waals surface area contributed by atoms with E-state index in [4.69, 9.17) is 4.74 Å². The van der Waals surface area contributed by atoms with Gasteiger partial charge in [0.1, 0.15) is 5.60 Å². The van der Waals surface area contributed by atoms with Gasteiger partial charge in [-0.25, -0.2) is 4.79 Å². The van der Waals surface area contributed by atoms with Crippen LogP contribution in [-0.2, 0) is 4.74 Å². The Balaban J connectivity index is 1.69. The van der Waals surface area contributed by atoms with Gasteiger partial charge in [0.2, 0.25) is 0 Å². The lowest BCUT2D eigenvalue weighted by Gasteiger charge is -2.24. The SMILES string of the molecule is C[C@@H]1C[C@@H]2CC[C@@H]1N2C(=O)OC1(C)CC1. The number of hydrogen-bond donors (Lipinski definition) is 0. The normalized spacial score (nSPS) is 40.7. The van der Waals surface area contributed by atoms with Crippen LogP contribution in [0.3, 0.4) is 0 Å². The molecule has 0 aromatic heterocycles. The van der Waals surface area contributed by atoms with Crippen LogP contribution in [0, 0.1) is 5.92 Å². The van der Waals surface area contributed by atoms with Crippen LogP contribution in [0.2, 0.25) is 0 Å². The fourth-order valence-corrected chi connectivity index (χ4v) is 3.11. The summed E-state index contributed by atoms with van der Waals surface area (Å²) >= 11 is 0. The summed E-state index contributed by atoms with van der Waals surface area (Å²) in [6.07, 6.45) is 5.57. The average Bonchev–Trinajstić information content (AvgIpc) is 2.66. The van der Waals surface area contributed by atoms with E-state index in [2.05, 4.69) is 6.92 Å². The molecule has 1 amide bonds. The second kappa shape index (κ2) is 2.89. The number of carbonyl (C=O) groups is 1. The van der Waals surface area contributed by atoms with Crippen LogP contribution in [0.15, 0.2) is 0 Å². The molecule has 0 radical (unpaired) electrons. The Morgan fingerprint density at radius 2 is 2.13 bits per heavy atom. The summed E-state index contributed by atoms with van der Waals surface area (Å²) in [5, 5.41) is 0. The zero-order valence-electron chi connectivity index (χ0n) is 9.53. The van der Waals surface area contributed by atoms with Crippen LogP contribution in [0.5, 0.6) is 0 Å². The summed E-state index contributed by atoms with van der Waals surface area (Å²) in [7, 11) is 0. The van der Waals surface area contributed by atoms with E-state index in [1.54, 1.807) is 0 Å². The Morgan fingerprint density at radius 1 is 1.40 bits per heavy atom. The van der Waals surface area contributed by atoms with Crippen LogP contribution >= 0.6 is 0 Å². The molecule has 0 aromatic carbocycles. The number of carbonyl (C=O) groups excluding carboxylic acids is 1. The van der Waals surface area contributed by atoms with Crippen LogP contribution in [0.4, 0.5) is 4.79 Å². The van der Waals surface area contributed by atoms with Crippen molar-refractivity contribution < 1.29 is 9.53 Å².